The Kier molecular flexibility index (Phi) is 8.46. The highest BCUT2D eigenvalue weighted by Crippen LogP contribution is 2.04. The van der Waals surface area contributed by atoms with Crippen LogP contribution in [0.2, 0.25) is 0 Å². The second-order valence-electron chi connectivity index (χ2n) is 3.75. The minimum absolute atomic E-state index is 0.736. The van der Waals surface area contributed by atoms with Crippen LogP contribution in [0.4, 0.5) is 0 Å². The molecule has 1 unspecified atom stereocenters. The van der Waals surface area contributed by atoms with Gasteiger partial charge in [-0.2, -0.15) is 0 Å². The average Bonchev–Trinajstić information content (AvgIpc) is 2.17. The second-order valence-corrected chi connectivity index (χ2v) is 3.75. The maximum absolute atomic E-state index is 3.21. The van der Waals surface area contributed by atoms with Gasteiger partial charge in [0.05, 0.1) is 0 Å². The van der Waals surface area contributed by atoms with E-state index in [0.29, 0.717) is 0 Å². The monoisotopic (exact) mass is 186 g/mol. The van der Waals surface area contributed by atoms with Gasteiger partial charge in [0.1, 0.15) is 0 Å². The molecule has 0 aromatic carbocycles. The number of rotatable bonds is 8. The van der Waals surface area contributed by atoms with Crippen LogP contribution >= 0.6 is 0 Å². The molecule has 0 aliphatic rings. The van der Waals surface area contributed by atoms with E-state index in [-0.39, 0.29) is 0 Å². The number of unbranched alkanes of at least 4 members (excludes halogenated alkanes) is 1. The van der Waals surface area contributed by atoms with Crippen LogP contribution in [0, 0.1) is 0 Å². The van der Waals surface area contributed by atoms with Crippen molar-refractivity contribution in [2.75, 3.05) is 26.7 Å². The third-order valence-corrected chi connectivity index (χ3v) is 2.66. The second kappa shape index (κ2) is 8.52. The van der Waals surface area contributed by atoms with Gasteiger partial charge in [0.2, 0.25) is 0 Å². The van der Waals surface area contributed by atoms with Gasteiger partial charge in [-0.1, -0.05) is 20.3 Å². The first-order chi connectivity index (χ1) is 6.26. The van der Waals surface area contributed by atoms with Crippen molar-refractivity contribution >= 4 is 0 Å². The van der Waals surface area contributed by atoms with Gasteiger partial charge < -0.3 is 5.32 Å². The van der Waals surface area contributed by atoms with Crippen molar-refractivity contribution in [3.8, 4) is 0 Å². The minimum Gasteiger partial charge on any atom is -0.318 e. The first-order valence-electron chi connectivity index (χ1n) is 5.64. The van der Waals surface area contributed by atoms with Gasteiger partial charge in [-0.3, -0.25) is 4.90 Å². The Labute approximate surface area is 83.7 Å². The number of likely N-dealkylation sites (N-methyl/N-ethyl adjacent to an activating group) is 1. The van der Waals surface area contributed by atoms with E-state index in [1.807, 2.05) is 7.05 Å². The lowest BCUT2D eigenvalue weighted by molar-refractivity contribution is 0.203. The van der Waals surface area contributed by atoms with E-state index in [2.05, 4.69) is 31.0 Å². The summed E-state index contributed by atoms with van der Waals surface area (Å²) in [6.07, 6.45) is 3.88. The van der Waals surface area contributed by atoms with Crippen molar-refractivity contribution in [1.82, 2.24) is 10.2 Å². The van der Waals surface area contributed by atoms with E-state index in [0.717, 1.165) is 12.6 Å². The van der Waals surface area contributed by atoms with Gasteiger partial charge in [-0.25, -0.2) is 0 Å². The molecule has 0 aromatic rings. The molecule has 2 nitrogen and oxygen atoms in total. The molecule has 80 valence electrons. The predicted molar refractivity (Wildman–Crippen MR) is 60.2 cm³/mol. The third kappa shape index (κ3) is 6.05. The van der Waals surface area contributed by atoms with Crippen molar-refractivity contribution in [3.63, 3.8) is 0 Å². The zero-order valence-electron chi connectivity index (χ0n) is 9.77. The summed E-state index contributed by atoms with van der Waals surface area (Å²) in [7, 11) is 2.02. The zero-order chi connectivity index (χ0) is 10.1. The van der Waals surface area contributed by atoms with Crippen molar-refractivity contribution in [1.29, 1.82) is 0 Å². The summed E-state index contributed by atoms with van der Waals surface area (Å²) in [6.45, 7) is 10.4. The SMILES string of the molecule is CCCCN(CCNC)C(C)CC. The lowest BCUT2D eigenvalue weighted by Crippen LogP contribution is -2.38. The van der Waals surface area contributed by atoms with Crippen molar-refractivity contribution in [2.24, 2.45) is 0 Å². The highest BCUT2D eigenvalue weighted by molar-refractivity contribution is 4.66. The number of hydrogen-bond donors (Lipinski definition) is 1. The van der Waals surface area contributed by atoms with Crippen molar-refractivity contribution < 1.29 is 0 Å². The van der Waals surface area contributed by atoms with E-state index in [1.54, 1.807) is 0 Å². The van der Waals surface area contributed by atoms with E-state index in [9.17, 15) is 0 Å². The molecule has 0 aliphatic carbocycles. The Morgan fingerprint density at radius 3 is 2.38 bits per heavy atom. The molecule has 0 saturated carbocycles. The Morgan fingerprint density at radius 1 is 1.23 bits per heavy atom. The molecule has 0 heterocycles. The average molecular weight is 186 g/mol. The van der Waals surface area contributed by atoms with Crippen LogP contribution in [-0.4, -0.2) is 37.6 Å². The molecule has 2 heteroatoms. The van der Waals surface area contributed by atoms with Crippen molar-refractivity contribution in [3.05, 3.63) is 0 Å². The van der Waals surface area contributed by atoms with Crippen LogP contribution < -0.4 is 5.32 Å². The van der Waals surface area contributed by atoms with E-state index in [1.165, 1.54) is 32.4 Å². The van der Waals surface area contributed by atoms with Crippen LogP contribution in [0.1, 0.15) is 40.0 Å². The van der Waals surface area contributed by atoms with Gasteiger partial charge in [0, 0.05) is 19.1 Å². The molecule has 0 spiro atoms. The first kappa shape index (κ1) is 12.9. The van der Waals surface area contributed by atoms with Crippen LogP contribution in [0.5, 0.6) is 0 Å². The van der Waals surface area contributed by atoms with Gasteiger partial charge in [0.15, 0.2) is 0 Å². The first-order valence-corrected chi connectivity index (χ1v) is 5.64. The number of nitrogens with one attached hydrogen (secondary N) is 1. The lowest BCUT2D eigenvalue weighted by atomic mass is 10.2. The lowest BCUT2D eigenvalue weighted by Gasteiger charge is -2.28. The molecular formula is C11H26N2. The molecular weight excluding hydrogens is 160 g/mol. The molecule has 0 rings (SSSR count). The highest BCUT2D eigenvalue weighted by atomic mass is 15.2. The van der Waals surface area contributed by atoms with Crippen molar-refractivity contribution in [2.45, 2.75) is 46.1 Å². The molecule has 0 amide bonds. The molecule has 13 heavy (non-hydrogen) atoms. The molecule has 0 bridgehead atoms. The largest absolute Gasteiger partial charge is 0.318 e. The fraction of sp³-hybridized carbons (Fsp3) is 1.00. The molecule has 1 N–H and O–H groups in total. The summed E-state index contributed by atoms with van der Waals surface area (Å²) in [5.41, 5.74) is 0. The van der Waals surface area contributed by atoms with Gasteiger partial charge in [0.25, 0.3) is 0 Å². The summed E-state index contributed by atoms with van der Waals surface area (Å²) in [6, 6.07) is 0.736. The molecule has 1 atom stereocenters. The minimum atomic E-state index is 0.736. The smallest absolute Gasteiger partial charge is 0.0110 e. The predicted octanol–water partition coefficient (Wildman–Crippen LogP) is 2.11. The summed E-state index contributed by atoms with van der Waals surface area (Å²) >= 11 is 0. The van der Waals surface area contributed by atoms with Crippen LogP contribution in [-0.2, 0) is 0 Å². The maximum atomic E-state index is 3.21. The topological polar surface area (TPSA) is 15.3 Å². The van der Waals surface area contributed by atoms with Gasteiger partial charge >= 0.3 is 0 Å². The van der Waals surface area contributed by atoms with Crippen LogP contribution in [0.15, 0.2) is 0 Å². The van der Waals surface area contributed by atoms with E-state index >= 15 is 0 Å². The zero-order valence-corrected chi connectivity index (χ0v) is 9.77. The van der Waals surface area contributed by atoms with E-state index in [4.69, 9.17) is 0 Å². The van der Waals surface area contributed by atoms with E-state index < -0.39 is 0 Å². The van der Waals surface area contributed by atoms with Crippen LogP contribution in [0.3, 0.4) is 0 Å². The molecule has 0 aliphatic heterocycles. The third-order valence-electron chi connectivity index (χ3n) is 2.66. The Bertz CT molecular complexity index is 96.3. The number of hydrogen-bond acceptors (Lipinski definition) is 2. The Hall–Kier alpha value is -0.0800. The molecule has 0 aromatic heterocycles. The summed E-state index contributed by atoms with van der Waals surface area (Å²) in [4.78, 5) is 2.58. The fourth-order valence-electron chi connectivity index (χ4n) is 1.43. The fourth-order valence-corrected chi connectivity index (χ4v) is 1.43. The van der Waals surface area contributed by atoms with Gasteiger partial charge in [-0.15, -0.1) is 0 Å². The Balaban J connectivity index is 3.72. The standard InChI is InChI=1S/C11H26N2/c1-5-7-9-13(10-8-12-4)11(3)6-2/h11-12H,5-10H2,1-4H3. The molecule has 0 fully saturated rings. The maximum Gasteiger partial charge on any atom is 0.0110 e. The Morgan fingerprint density at radius 2 is 1.92 bits per heavy atom. The van der Waals surface area contributed by atoms with Gasteiger partial charge in [-0.05, 0) is 33.4 Å². The molecule has 0 saturated heterocycles. The molecule has 0 radical (unpaired) electrons. The summed E-state index contributed by atoms with van der Waals surface area (Å²) in [5, 5.41) is 3.21. The summed E-state index contributed by atoms with van der Waals surface area (Å²) < 4.78 is 0. The van der Waals surface area contributed by atoms with Crippen LogP contribution in [0.25, 0.3) is 0 Å². The summed E-state index contributed by atoms with van der Waals surface area (Å²) in [5.74, 6) is 0. The highest BCUT2D eigenvalue weighted by Gasteiger charge is 2.09. The quantitative estimate of drug-likeness (QED) is 0.624. The number of nitrogens with zero attached hydrogens (tertiary/aromatic N) is 1. The normalized spacial score (nSPS) is 13.6.